The minimum Gasteiger partial charge on any atom is -0.481 e. The average Bonchev–Trinajstić information content (AvgIpc) is 2.50. The van der Waals surface area contributed by atoms with Gasteiger partial charge < -0.3 is 19.7 Å². The van der Waals surface area contributed by atoms with Crippen LogP contribution in [0.15, 0.2) is 0 Å². The molecule has 2 N–H and O–H groups in total. The number of rotatable bonds is 3. The molecule has 0 bridgehead atoms. The Labute approximate surface area is 118 Å². The van der Waals surface area contributed by atoms with Crippen LogP contribution in [0.2, 0.25) is 0 Å². The Balaban J connectivity index is 2.90. The lowest BCUT2D eigenvalue weighted by Gasteiger charge is -2.36. The third-order valence-corrected chi connectivity index (χ3v) is 2.94. The maximum absolute atomic E-state index is 12.2. The molecule has 1 fully saturated rings. The zero-order chi connectivity index (χ0) is 15.7. The van der Waals surface area contributed by atoms with E-state index in [4.69, 9.17) is 14.6 Å². The first-order valence-electron chi connectivity index (χ1n) is 6.50. The van der Waals surface area contributed by atoms with E-state index in [1.54, 1.807) is 34.6 Å². The Hall–Kier alpha value is -1.34. The van der Waals surface area contributed by atoms with Crippen LogP contribution in [-0.2, 0) is 14.3 Å². The first kappa shape index (κ1) is 16.7. The Morgan fingerprint density at radius 3 is 2.45 bits per heavy atom. The fourth-order valence-electron chi connectivity index (χ4n) is 2.10. The highest BCUT2D eigenvalue weighted by Gasteiger charge is 2.48. The van der Waals surface area contributed by atoms with Gasteiger partial charge in [0.2, 0.25) is 0 Å². The first-order chi connectivity index (χ1) is 8.94. The summed E-state index contributed by atoms with van der Waals surface area (Å²) < 4.78 is 10.8. The van der Waals surface area contributed by atoms with Gasteiger partial charge in [0.15, 0.2) is 0 Å². The van der Waals surface area contributed by atoms with Crippen LogP contribution in [-0.4, -0.2) is 57.3 Å². The van der Waals surface area contributed by atoms with Crippen LogP contribution in [0.4, 0.5) is 4.79 Å². The maximum Gasteiger partial charge on any atom is 0.412 e. The van der Waals surface area contributed by atoms with Gasteiger partial charge in [-0.05, 0) is 34.6 Å². The molecule has 116 valence electrons. The van der Waals surface area contributed by atoms with Gasteiger partial charge in [0.05, 0.1) is 25.2 Å². The lowest BCUT2D eigenvalue weighted by Crippen LogP contribution is -2.53. The molecular weight excluding hydrogens is 266 g/mol. The molecule has 20 heavy (non-hydrogen) atoms. The summed E-state index contributed by atoms with van der Waals surface area (Å²) in [6.07, 6.45) is -2.29. The van der Waals surface area contributed by atoms with E-state index in [1.807, 2.05) is 0 Å². The number of carboxylic acid groups (broad SMARTS) is 1. The van der Waals surface area contributed by atoms with Crippen molar-refractivity contribution in [2.45, 2.75) is 64.5 Å². The molecule has 7 heteroatoms. The highest BCUT2D eigenvalue weighted by Crippen LogP contribution is 2.31. The number of carboxylic acids is 1. The number of hydrogen-bond donors (Lipinski definition) is 2. The molecule has 0 aromatic carbocycles. The second-order valence-corrected chi connectivity index (χ2v) is 6.34. The zero-order valence-corrected chi connectivity index (χ0v) is 12.5. The summed E-state index contributed by atoms with van der Waals surface area (Å²) in [7, 11) is 0. The molecule has 1 amide bonds. The summed E-state index contributed by atoms with van der Waals surface area (Å²) in [5.41, 5.74) is -1.63. The molecule has 0 aromatic heterocycles. The number of aliphatic hydroxyl groups is 1. The zero-order valence-electron chi connectivity index (χ0n) is 12.5. The maximum atomic E-state index is 12.2. The van der Waals surface area contributed by atoms with E-state index in [-0.39, 0.29) is 6.61 Å². The second kappa shape index (κ2) is 5.57. The van der Waals surface area contributed by atoms with Gasteiger partial charge in [0.25, 0.3) is 0 Å². The van der Waals surface area contributed by atoms with Gasteiger partial charge >= 0.3 is 12.1 Å². The largest absolute Gasteiger partial charge is 0.481 e. The Bertz CT molecular complexity index is 387. The Morgan fingerprint density at radius 1 is 1.45 bits per heavy atom. The predicted molar refractivity (Wildman–Crippen MR) is 70.2 cm³/mol. The highest BCUT2D eigenvalue weighted by molar-refractivity contribution is 5.71. The number of aliphatic hydroxyl groups excluding tert-OH is 1. The minimum absolute atomic E-state index is 0.0701. The highest BCUT2D eigenvalue weighted by atomic mass is 16.6. The van der Waals surface area contributed by atoms with E-state index in [0.717, 1.165) is 0 Å². The number of amides is 1. The summed E-state index contributed by atoms with van der Waals surface area (Å²) >= 11 is 0. The molecule has 0 radical (unpaired) electrons. The molecule has 0 aliphatic carbocycles. The molecule has 1 aliphatic rings. The van der Waals surface area contributed by atoms with Crippen molar-refractivity contribution < 1.29 is 29.3 Å². The second-order valence-electron chi connectivity index (χ2n) is 6.34. The summed E-state index contributed by atoms with van der Waals surface area (Å²) in [6, 6.07) is -0.740. The van der Waals surface area contributed by atoms with Crippen molar-refractivity contribution >= 4 is 12.1 Å². The quantitative estimate of drug-likeness (QED) is 0.810. The molecule has 2 atom stereocenters. The average molecular weight is 289 g/mol. The number of carbonyl (C=O) groups excluding carboxylic acids is 1. The molecular formula is C13H23NO6. The Kier molecular flexibility index (Phi) is 4.66. The normalized spacial score (nSPS) is 23.5. The summed E-state index contributed by atoms with van der Waals surface area (Å²) in [6.45, 7) is 8.61. The van der Waals surface area contributed by atoms with Gasteiger partial charge in [-0.2, -0.15) is 0 Å². The van der Waals surface area contributed by atoms with Gasteiger partial charge in [-0.3, -0.25) is 9.69 Å². The van der Waals surface area contributed by atoms with Crippen LogP contribution >= 0.6 is 0 Å². The van der Waals surface area contributed by atoms with Gasteiger partial charge in [0.1, 0.15) is 11.3 Å². The molecule has 0 saturated carbocycles. The predicted octanol–water partition coefficient (Wildman–Crippen LogP) is 1.19. The molecule has 1 heterocycles. The topological polar surface area (TPSA) is 96.3 Å². The van der Waals surface area contributed by atoms with E-state index in [9.17, 15) is 14.7 Å². The SMILES string of the molecule is CC(C)(C)OC(=O)N1[C@@H]([C@@H](O)CC(=O)O)COC1(C)C. The van der Waals surface area contributed by atoms with E-state index < -0.39 is 42.0 Å². The monoisotopic (exact) mass is 289 g/mol. The summed E-state index contributed by atoms with van der Waals surface area (Å²) in [5, 5.41) is 18.7. The molecule has 7 nitrogen and oxygen atoms in total. The molecule has 0 spiro atoms. The summed E-state index contributed by atoms with van der Waals surface area (Å²) in [5.74, 6) is -1.13. The van der Waals surface area contributed by atoms with Crippen molar-refractivity contribution in [3.05, 3.63) is 0 Å². The molecule has 0 aromatic rings. The van der Waals surface area contributed by atoms with Crippen LogP contribution in [0.25, 0.3) is 0 Å². The Morgan fingerprint density at radius 2 is 2.00 bits per heavy atom. The van der Waals surface area contributed by atoms with E-state index in [0.29, 0.717) is 0 Å². The molecule has 1 aliphatic heterocycles. The fourth-order valence-corrected chi connectivity index (χ4v) is 2.10. The van der Waals surface area contributed by atoms with Crippen LogP contribution in [0.5, 0.6) is 0 Å². The third kappa shape index (κ3) is 4.08. The van der Waals surface area contributed by atoms with Gasteiger partial charge in [-0.1, -0.05) is 0 Å². The molecule has 1 rings (SSSR count). The van der Waals surface area contributed by atoms with E-state index in [2.05, 4.69) is 0 Å². The van der Waals surface area contributed by atoms with E-state index in [1.165, 1.54) is 4.90 Å². The van der Waals surface area contributed by atoms with Crippen LogP contribution < -0.4 is 0 Å². The standard InChI is InChI=1S/C13H23NO6/c1-12(2,3)20-11(18)14-8(7-19-13(14,4)5)9(15)6-10(16)17/h8-9,15H,6-7H2,1-5H3,(H,16,17)/t8-,9+/m1/s1. The van der Waals surface area contributed by atoms with Crippen molar-refractivity contribution in [1.29, 1.82) is 0 Å². The van der Waals surface area contributed by atoms with Crippen molar-refractivity contribution in [2.75, 3.05) is 6.61 Å². The number of hydrogen-bond acceptors (Lipinski definition) is 5. The number of aliphatic carboxylic acids is 1. The van der Waals surface area contributed by atoms with Crippen molar-refractivity contribution in [3.8, 4) is 0 Å². The van der Waals surface area contributed by atoms with Crippen molar-refractivity contribution in [1.82, 2.24) is 4.90 Å². The van der Waals surface area contributed by atoms with Gasteiger partial charge in [0, 0.05) is 0 Å². The van der Waals surface area contributed by atoms with Gasteiger partial charge in [-0.25, -0.2) is 4.79 Å². The van der Waals surface area contributed by atoms with Crippen LogP contribution in [0, 0.1) is 0 Å². The summed E-state index contributed by atoms with van der Waals surface area (Å²) in [4.78, 5) is 24.2. The van der Waals surface area contributed by atoms with Crippen LogP contribution in [0.1, 0.15) is 41.0 Å². The smallest absolute Gasteiger partial charge is 0.412 e. The van der Waals surface area contributed by atoms with E-state index >= 15 is 0 Å². The minimum atomic E-state index is -1.21. The fraction of sp³-hybridized carbons (Fsp3) is 0.846. The number of ether oxygens (including phenoxy) is 2. The molecule has 1 saturated heterocycles. The lowest BCUT2D eigenvalue weighted by molar-refractivity contribution is -0.140. The molecule has 0 unspecified atom stereocenters. The third-order valence-electron chi connectivity index (χ3n) is 2.94. The van der Waals surface area contributed by atoms with Crippen molar-refractivity contribution in [2.24, 2.45) is 0 Å². The number of nitrogens with zero attached hydrogens (tertiary/aromatic N) is 1. The van der Waals surface area contributed by atoms with Gasteiger partial charge in [-0.15, -0.1) is 0 Å². The lowest BCUT2D eigenvalue weighted by atomic mass is 10.1. The van der Waals surface area contributed by atoms with Crippen LogP contribution in [0.3, 0.4) is 0 Å². The number of carbonyl (C=O) groups is 2. The first-order valence-corrected chi connectivity index (χ1v) is 6.50. The van der Waals surface area contributed by atoms with Crippen molar-refractivity contribution in [3.63, 3.8) is 0 Å².